The van der Waals surface area contributed by atoms with Crippen molar-refractivity contribution < 1.29 is 14.3 Å². The van der Waals surface area contributed by atoms with E-state index in [1.54, 1.807) is 6.20 Å². The Morgan fingerprint density at radius 1 is 1.34 bits per heavy atom. The number of hydrogen-bond acceptors (Lipinski definition) is 5. The predicted octanol–water partition coefficient (Wildman–Crippen LogP) is 3.78. The molecule has 2 N–H and O–H groups in total. The van der Waals surface area contributed by atoms with E-state index in [9.17, 15) is 9.90 Å². The first kappa shape index (κ1) is 19.6. The van der Waals surface area contributed by atoms with E-state index in [1.165, 1.54) is 0 Å². The first-order valence-electron chi connectivity index (χ1n) is 10.3. The standard InChI is InChI=1S/C22H28N4O3/c1-12(2)26-21-18(11-24-26)17(22(28)23-10-15-6-5-7-20(15)27)9-19(25-21)16-8-13(3)29-14(16)4/h8-9,11-12,15,20,27H,5-7,10H2,1-4H3,(H,23,28)/t15-,20-/m0/s1. The molecule has 7 nitrogen and oxygen atoms in total. The fourth-order valence-electron chi connectivity index (χ4n) is 4.18. The van der Waals surface area contributed by atoms with Crippen LogP contribution in [0.25, 0.3) is 22.3 Å². The van der Waals surface area contributed by atoms with Gasteiger partial charge in [0.05, 0.1) is 28.9 Å². The Labute approximate surface area is 170 Å². The quantitative estimate of drug-likeness (QED) is 0.685. The third-order valence-corrected chi connectivity index (χ3v) is 5.76. The van der Waals surface area contributed by atoms with Crippen LogP contribution in [0.5, 0.6) is 0 Å². The molecule has 0 aromatic carbocycles. The highest BCUT2D eigenvalue weighted by molar-refractivity contribution is 6.06. The largest absolute Gasteiger partial charge is 0.466 e. The molecule has 29 heavy (non-hydrogen) atoms. The summed E-state index contributed by atoms with van der Waals surface area (Å²) in [7, 11) is 0. The minimum Gasteiger partial charge on any atom is -0.466 e. The summed E-state index contributed by atoms with van der Waals surface area (Å²) >= 11 is 0. The molecule has 154 valence electrons. The lowest BCUT2D eigenvalue weighted by Gasteiger charge is -2.16. The third kappa shape index (κ3) is 3.67. The Balaban J connectivity index is 1.75. The summed E-state index contributed by atoms with van der Waals surface area (Å²) in [5, 5.41) is 18.2. The minimum absolute atomic E-state index is 0.118. The second kappa shape index (κ2) is 7.63. The van der Waals surface area contributed by atoms with E-state index >= 15 is 0 Å². The van der Waals surface area contributed by atoms with Gasteiger partial charge in [0, 0.05) is 24.1 Å². The second-order valence-corrected chi connectivity index (χ2v) is 8.27. The third-order valence-electron chi connectivity index (χ3n) is 5.76. The molecule has 0 spiro atoms. The first-order valence-corrected chi connectivity index (χ1v) is 10.3. The van der Waals surface area contributed by atoms with Crippen molar-refractivity contribution in [2.45, 2.75) is 59.1 Å². The molecule has 2 atom stereocenters. The number of hydrogen-bond donors (Lipinski definition) is 2. The fraction of sp³-hybridized carbons (Fsp3) is 0.500. The number of nitrogens with one attached hydrogen (secondary N) is 1. The monoisotopic (exact) mass is 396 g/mol. The Morgan fingerprint density at radius 2 is 2.14 bits per heavy atom. The maximum absolute atomic E-state index is 13.1. The van der Waals surface area contributed by atoms with Gasteiger partial charge < -0.3 is 14.8 Å². The van der Waals surface area contributed by atoms with Crippen molar-refractivity contribution in [2.75, 3.05) is 6.54 Å². The molecule has 3 aromatic rings. The van der Waals surface area contributed by atoms with Crippen molar-refractivity contribution in [3.8, 4) is 11.3 Å². The molecule has 4 rings (SSSR count). The van der Waals surface area contributed by atoms with Crippen LogP contribution in [-0.2, 0) is 0 Å². The highest BCUT2D eigenvalue weighted by Crippen LogP contribution is 2.30. The average molecular weight is 396 g/mol. The number of fused-ring (bicyclic) bond motifs is 1. The number of aryl methyl sites for hydroxylation is 2. The molecular formula is C22H28N4O3. The normalized spacial score (nSPS) is 19.4. The molecule has 1 fully saturated rings. The van der Waals surface area contributed by atoms with Crippen LogP contribution in [0.2, 0.25) is 0 Å². The lowest BCUT2D eigenvalue weighted by molar-refractivity contribution is 0.0918. The molecule has 3 aromatic heterocycles. The average Bonchev–Trinajstić information content (AvgIpc) is 3.37. The van der Waals surface area contributed by atoms with Gasteiger partial charge in [-0.05, 0) is 52.7 Å². The van der Waals surface area contributed by atoms with E-state index in [2.05, 4.69) is 10.4 Å². The number of aliphatic hydroxyl groups excluding tert-OH is 1. The smallest absolute Gasteiger partial charge is 0.252 e. The van der Waals surface area contributed by atoms with Crippen molar-refractivity contribution in [3.05, 3.63) is 35.4 Å². The lowest BCUT2D eigenvalue weighted by Crippen LogP contribution is -2.32. The van der Waals surface area contributed by atoms with Gasteiger partial charge >= 0.3 is 0 Å². The summed E-state index contributed by atoms with van der Waals surface area (Å²) in [6.07, 6.45) is 4.13. The predicted molar refractivity (Wildman–Crippen MR) is 111 cm³/mol. The molecule has 1 amide bonds. The van der Waals surface area contributed by atoms with Gasteiger partial charge in [0.15, 0.2) is 5.65 Å². The van der Waals surface area contributed by atoms with Crippen LogP contribution in [0, 0.1) is 19.8 Å². The number of rotatable bonds is 5. The second-order valence-electron chi connectivity index (χ2n) is 8.27. The summed E-state index contributed by atoms with van der Waals surface area (Å²) in [5.74, 6) is 1.52. The summed E-state index contributed by atoms with van der Waals surface area (Å²) in [4.78, 5) is 17.9. The van der Waals surface area contributed by atoms with Crippen LogP contribution < -0.4 is 5.32 Å². The van der Waals surface area contributed by atoms with Crippen molar-refractivity contribution in [1.29, 1.82) is 0 Å². The van der Waals surface area contributed by atoms with Gasteiger partial charge in [-0.3, -0.25) is 4.79 Å². The van der Waals surface area contributed by atoms with E-state index in [0.29, 0.717) is 23.4 Å². The van der Waals surface area contributed by atoms with Gasteiger partial charge in [-0.1, -0.05) is 6.42 Å². The van der Waals surface area contributed by atoms with Crippen LogP contribution in [0.15, 0.2) is 22.7 Å². The van der Waals surface area contributed by atoms with E-state index in [4.69, 9.17) is 9.40 Å². The van der Waals surface area contributed by atoms with E-state index in [1.807, 2.05) is 44.5 Å². The molecule has 0 saturated heterocycles. The highest BCUT2D eigenvalue weighted by Gasteiger charge is 2.26. The van der Waals surface area contributed by atoms with Gasteiger partial charge in [-0.2, -0.15) is 5.10 Å². The first-order chi connectivity index (χ1) is 13.8. The molecule has 7 heteroatoms. The van der Waals surface area contributed by atoms with Gasteiger partial charge in [0.2, 0.25) is 0 Å². The van der Waals surface area contributed by atoms with Crippen LogP contribution >= 0.6 is 0 Å². The summed E-state index contributed by atoms with van der Waals surface area (Å²) < 4.78 is 7.51. The minimum atomic E-state index is -0.330. The van der Waals surface area contributed by atoms with Crippen molar-refractivity contribution >= 4 is 16.9 Å². The Morgan fingerprint density at radius 3 is 2.76 bits per heavy atom. The fourth-order valence-corrected chi connectivity index (χ4v) is 4.18. The van der Waals surface area contributed by atoms with Crippen molar-refractivity contribution in [3.63, 3.8) is 0 Å². The van der Waals surface area contributed by atoms with E-state index in [-0.39, 0.29) is 24.0 Å². The van der Waals surface area contributed by atoms with E-state index < -0.39 is 0 Å². The Hall–Kier alpha value is -2.67. The number of amides is 1. The van der Waals surface area contributed by atoms with Crippen LogP contribution in [0.3, 0.4) is 0 Å². The zero-order valence-electron chi connectivity index (χ0n) is 17.4. The Kier molecular flexibility index (Phi) is 5.17. The Bertz CT molecular complexity index is 1050. The van der Waals surface area contributed by atoms with E-state index in [0.717, 1.165) is 41.7 Å². The number of aliphatic hydroxyl groups is 1. The van der Waals surface area contributed by atoms with Crippen LogP contribution in [-0.4, -0.2) is 38.4 Å². The van der Waals surface area contributed by atoms with Crippen LogP contribution in [0.4, 0.5) is 0 Å². The maximum atomic E-state index is 13.1. The maximum Gasteiger partial charge on any atom is 0.252 e. The number of carbonyl (C=O) groups is 1. The highest BCUT2D eigenvalue weighted by atomic mass is 16.3. The molecule has 1 saturated carbocycles. The number of pyridine rings is 1. The molecule has 0 radical (unpaired) electrons. The number of aromatic nitrogens is 3. The van der Waals surface area contributed by atoms with Crippen LogP contribution in [0.1, 0.15) is 61.0 Å². The number of carbonyl (C=O) groups excluding carboxylic acids is 1. The van der Waals surface area contributed by atoms with Gasteiger partial charge in [-0.25, -0.2) is 9.67 Å². The van der Waals surface area contributed by atoms with Crippen molar-refractivity contribution in [1.82, 2.24) is 20.1 Å². The lowest BCUT2D eigenvalue weighted by atomic mass is 10.0. The molecule has 0 aliphatic heterocycles. The van der Waals surface area contributed by atoms with Gasteiger partial charge in [0.25, 0.3) is 5.91 Å². The number of furan rings is 1. The zero-order chi connectivity index (χ0) is 20.7. The van der Waals surface area contributed by atoms with Gasteiger partial charge in [-0.15, -0.1) is 0 Å². The summed E-state index contributed by atoms with van der Waals surface area (Å²) in [6, 6.07) is 3.87. The molecule has 1 aliphatic rings. The van der Waals surface area contributed by atoms with Crippen molar-refractivity contribution in [2.24, 2.45) is 5.92 Å². The summed E-state index contributed by atoms with van der Waals surface area (Å²) in [6.45, 7) is 8.34. The zero-order valence-corrected chi connectivity index (χ0v) is 17.4. The van der Waals surface area contributed by atoms with Gasteiger partial charge in [0.1, 0.15) is 11.5 Å². The molecular weight excluding hydrogens is 368 g/mol. The molecule has 0 unspecified atom stereocenters. The SMILES string of the molecule is Cc1cc(-c2cc(C(=O)NC[C@@H]3CCC[C@@H]3O)c3cnn(C(C)C)c3n2)c(C)o1. The molecule has 0 bridgehead atoms. The topological polar surface area (TPSA) is 93.2 Å². The molecule has 1 aliphatic carbocycles. The molecule has 3 heterocycles. The summed E-state index contributed by atoms with van der Waals surface area (Å²) in [5.41, 5.74) is 2.80. The number of nitrogens with zero attached hydrogens (tertiary/aromatic N) is 3.